The highest BCUT2D eigenvalue weighted by molar-refractivity contribution is 8.06. The van der Waals surface area contributed by atoms with Gasteiger partial charge in [0.05, 0.1) is 18.5 Å². The Labute approximate surface area is 142 Å². The summed E-state index contributed by atoms with van der Waals surface area (Å²) in [5.41, 5.74) is 6.74. The quantitative estimate of drug-likeness (QED) is 0.571. The van der Waals surface area contributed by atoms with Gasteiger partial charge in [-0.15, -0.1) is 4.52 Å². The summed E-state index contributed by atoms with van der Waals surface area (Å²) in [6, 6.07) is 0. The molecular weight excluding hydrogens is 380 g/mol. The minimum absolute atomic E-state index is 0.205. The lowest BCUT2D eigenvalue weighted by molar-refractivity contribution is -0.0127. The lowest BCUT2D eigenvalue weighted by atomic mass is 10.1. The van der Waals surface area contributed by atoms with Gasteiger partial charge in [0, 0.05) is 6.42 Å². The molecule has 2 aromatic rings. The van der Waals surface area contributed by atoms with Crippen molar-refractivity contribution in [2.24, 2.45) is 0 Å². The van der Waals surface area contributed by atoms with E-state index in [9.17, 15) is 14.4 Å². The molecule has 4 N–H and O–H groups in total. The zero-order valence-corrected chi connectivity index (χ0v) is 14.8. The monoisotopic (exact) mass is 394 g/mol. The average Bonchev–Trinajstić information content (AvgIpc) is 3.09. The summed E-state index contributed by atoms with van der Waals surface area (Å²) in [6.45, 7) is -4.03. The first-order valence-electron chi connectivity index (χ1n) is 6.71. The van der Waals surface area contributed by atoms with Gasteiger partial charge < -0.3 is 24.8 Å². The molecule has 1 saturated heterocycles. The molecule has 0 bridgehead atoms. The summed E-state index contributed by atoms with van der Waals surface area (Å²) in [6.07, 6.45) is 1.46. The second-order valence-electron chi connectivity index (χ2n) is 4.99. The molecule has 130 valence electrons. The first kappa shape index (κ1) is 17.7. The smallest absolute Gasteiger partial charge is 0.381 e. The van der Waals surface area contributed by atoms with Gasteiger partial charge in [0.1, 0.15) is 24.6 Å². The van der Waals surface area contributed by atoms with Gasteiger partial charge in [0.15, 0.2) is 11.5 Å². The van der Waals surface area contributed by atoms with E-state index in [1.807, 2.05) is 0 Å². The van der Waals surface area contributed by atoms with Crippen LogP contribution < -0.4 is 5.73 Å². The molecule has 0 spiro atoms. The number of aromatic nitrogens is 4. The fourth-order valence-corrected chi connectivity index (χ4v) is 3.38. The van der Waals surface area contributed by atoms with Crippen molar-refractivity contribution in [1.29, 1.82) is 0 Å². The van der Waals surface area contributed by atoms with Gasteiger partial charge in [-0.05, 0) is 16.4 Å². The van der Waals surface area contributed by atoms with Gasteiger partial charge in [-0.25, -0.2) is 14.5 Å². The highest BCUT2D eigenvalue weighted by atomic mass is 32.5. The molecule has 0 aliphatic carbocycles. The first-order chi connectivity index (χ1) is 11.4. The number of hydrogen-bond donors (Lipinski definition) is 3. The van der Waals surface area contributed by atoms with Crippen LogP contribution in [0.2, 0.25) is 0 Å². The van der Waals surface area contributed by atoms with E-state index < -0.39 is 33.7 Å². The van der Waals surface area contributed by atoms with Crippen molar-refractivity contribution in [2.75, 3.05) is 12.3 Å². The fraction of sp³-hybridized carbons (Fsp3) is 0.500. The van der Waals surface area contributed by atoms with Crippen molar-refractivity contribution >= 4 is 38.7 Å². The van der Waals surface area contributed by atoms with Gasteiger partial charge in [0.2, 0.25) is 0 Å². The molecule has 3 heterocycles. The predicted molar refractivity (Wildman–Crippen MR) is 86.0 cm³/mol. The lowest BCUT2D eigenvalue weighted by Gasteiger charge is -2.16. The Morgan fingerprint density at radius 1 is 1.54 bits per heavy atom. The SMILES string of the molecule is Nc1ncnn2c([C@H]3C[C@H](O[PH+]=O)[C@@H](COP(O)(O)=S)O3)cnc12. The Hall–Kier alpha value is -1.10. The second-order valence-corrected chi connectivity index (χ2v) is 8.06. The average molecular weight is 394 g/mol. The second kappa shape index (κ2) is 7.03. The molecule has 1 fully saturated rings. The van der Waals surface area contributed by atoms with Gasteiger partial charge >= 0.3 is 15.4 Å². The third-order valence-electron chi connectivity index (χ3n) is 3.49. The number of nitrogen functional groups attached to an aromatic ring is 1. The summed E-state index contributed by atoms with van der Waals surface area (Å²) in [4.78, 5) is 26.4. The highest BCUT2D eigenvalue weighted by Gasteiger charge is 2.41. The Kier molecular flexibility index (Phi) is 5.19. The molecule has 4 atom stereocenters. The van der Waals surface area contributed by atoms with Crippen LogP contribution in [0.4, 0.5) is 5.82 Å². The molecular formula is C10H14N5O6P2S+. The molecule has 0 radical (unpaired) electrons. The topological polar surface area (TPSA) is 154 Å². The van der Waals surface area contributed by atoms with E-state index >= 15 is 0 Å². The maximum absolute atomic E-state index is 10.8. The molecule has 3 rings (SSSR count). The van der Waals surface area contributed by atoms with E-state index in [4.69, 9.17) is 19.5 Å². The lowest BCUT2D eigenvalue weighted by Crippen LogP contribution is -2.26. The zero-order chi connectivity index (χ0) is 17.3. The van der Waals surface area contributed by atoms with E-state index in [0.717, 1.165) is 0 Å². The summed E-state index contributed by atoms with van der Waals surface area (Å²) in [7, 11) is -0.993. The van der Waals surface area contributed by atoms with E-state index in [1.165, 1.54) is 10.8 Å². The van der Waals surface area contributed by atoms with Crippen LogP contribution in [0.3, 0.4) is 0 Å². The Balaban J connectivity index is 1.82. The van der Waals surface area contributed by atoms with Crippen molar-refractivity contribution in [1.82, 2.24) is 19.6 Å². The Morgan fingerprint density at radius 2 is 2.33 bits per heavy atom. The fourth-order valence-electron chi connectivity index (χ4n) is 2.48. The molecule has 2 aromatic heterocycles. The summed E-state index contributed by atoms with van der Waals surface area (Å²) in [5, 5.41) is 4.09. The molecule has 11 nitrogen and oxygen atoms in total. The number of ether oxygens (including phenoxy) is 1. The minimum Gasteiger partial charge on any atom is -0.381 e. The maximum atomic E-state index is 10.8. The van der Waals surface area contributed by atoms with Gasteiger partial charge in [-0.3, -0.25) is 0 Å². The zero-order valence-electron chi connectivity index (χ0n) is 12.1. The highest BCUT2D eigenvalue weighted by Crippen LogP contribution is 2.41. The largest absolute Gasteiger partial charge is 0.494 e. The third-order valence-corrected chi connectivity index (χ3v) is 4.69. The van der Waals surface area contributed by atoms with Crippen molar-refractivity contribution < 1.29 is 28.1 Å². The minimum atomic E-state index is -3.82. The van der Waals surface area contributed by atoms with Crippen molar-refractivity contribution in [2.45, 2.75) is 24.7 Å². The van der Waals surface area contributed by atoms with E-state index in [-0.39, 0.29) is 12.4 Å². The van der Waals surface area contributed by atoms with Crippen molar-refractivity contribution in [3.8, 4) is 0 Å². The van der Waals surface area contributed by atoms with Crippen LogP contribution >= 0.6 is 15.4 Å². The molecule has 24 heavy (non-hydrogen) atoms. The molecule has 1 unspecified atom stereocenters. The predicted octanol–water partition coefficient (Wildman–Crippen LogP) is 0.0864. The Bertz CT molecular complexity index is 799. The number of anilines is 1. The number of imidazole rings is 1. The molecule has 0 amide bonds. The van der Waals surface area contributed by atoms with E-state index in [0.29, 0.717) is 17.8 Å². The molecule has 1 aliphatic heterocycles. The summed E-state index contributed by atoms with van der Waals surface area (Å²) >= 11 is 4.41. The standard InChI is InChI=1S/C10H13N5O6P2S/c11-9-10-12-2-5(15(10)14-4-13-9)6-1-7(21-22-16)8(20-6)3-19-23(17,18)24/h2,4,6-8,22H,1,3H2,(H3-,11,13,14,17,18,24)/p+1/t6-,7+,8-/m1/s1. The van der Waals surface area contributed by atoms with Crippen LogP contribution in [0, 0.1) is 0 Å². The van der Waals surface area contributed by atoms with Crippen LogP contribution in [-0.4, -0.2) is 48.2 Å². The molecule has 0 aromatic carbocycles. The number of hydrogen-bond acceptors (Lipinski definition) is 9. The molecule has 14 heteroatoms. The van der Waals surface area contributed by atoms with Crippen molar-refractivity contribution in [3.63, 3.8) is 0 Å². The summed E-state index contributed by atoms with van der Waals surface area (Å²) in [5.74, 6) is 0.226. The first-order valence-corrected chi connectivity index (χ1v) is 10.2. The molecule has 0 saturated carbocycles. The molecule has 1 aliphatic rings. The van der Waals surface area contributed by atoms with Crippen LogP contribution in [-0.2, 0) is 30.2 Å². The number of nitrogens with zero attached hydrogens (tertiary/aromatic N) is 4. The van der Waals surface area contributed by atoms with Crippen LogP contribution in [0.25, 0.3) is 5.65 Å². The summed E-state index contributed by atoms with van der Waals surface area (Å²) < 4.78 is 28.1. The maximum Gasteiger partial charge on any atom is 0.494 e. The number of rotatable bonds is 6. The van der Waals surface area contributed by atoms with Crippen LogP contribution in [0.1, 0.15) is 18.2 Å². The van der Waals surface area contributed by atoms with Crippen LogP contribution in [0.5, 0.6) is 0 Å². The third kappa shape index (κ3) is 3.76. The Morgan fingerprint density at radius 3 is 3.04 bits per heavy atom. The van der Waals surface area contributed by atoms with Crippen LogP contribution in [0.15, 0.2) is 12.5 Å². The van der Waals surface area contributed by atoms with Gasteiger partial charge in [-0.1, -0.05) is 0 Å². The van der Waals surface area contributed by atoms with E-state index in [1.54, 1.807) is 6.20 Å². The number of fused-ring (bicyclic) bond motifs is 1. The van der Waals surface area contributed by atoms with Gasteiger partial charge in [-0.2, -0.15) is 5.10 Å². The van der Waals surface area contributed by atoms with E-state index in [2.05, 4.69) is 26.9 Å². The number of nitrogens with two attached hydrogens (primary N) is 1. The van der Waals surface area contributed by atoms with Gasteiger partial charge in [0.25, 0.3) is 0 Å². The normalized spacial score (nSPS) is 24.8. The van der Waals surface area contributed by atoms with Crippen molar-refractivity contribution in [3.05, 3.63) is 18.2 Å².